The number of β-lactam (4-membered cyclic amide) rings is 1. The number of halogens is 2. The maximum Gasteiger partial charge on any atom is 0.322 e. The van der Waals surface area contributed by atoms with Crippen LogP contribution in [0.1, 0.15) is 5.56 Å². The molecule has 2 aromatic carbocycles. The molecule has 2 aromatic rings. The van der Waals surface area contributed by atoms with Gasteiger partial charge in [0, 0.05) is 21.7 Å². The number of aliphatic carboxylic acids is 1. The number of nitrogens with one attached hydrogen (secondary N) is 1. The Kier molecular flexibility index (Phi) is 6.32. The lowest BCUT2D eigenvalue weighted by molar-refractivity contribution is -0.152. The van der Waals surface area contributed by atoms with Crippen LogP contribution in [-0.4, -0.2) is 56.3 Å². The summed E-state index contributed by atoms with van der Waals surface area (Å²) >= 11 is 5.68. The molecule has 0 spiro atoms. The zero-order chi connectivity index (χ0) is 22.2. The van der Waals surface area contributed by atoms with E-state index in [4.69, 9.17) is 0 Å². The minimum atomic E-state index is -1.31. The summed E-state index contributed by atoms with van der Waals surface area (Å²) in [7, 11) is 0. The van der Waals surface area contributed by atoms with E-state index in [1.165, 1.54) is 34.9 Å². The Morgan fingerprint density at radius 1 is 1.29 bits per heavy atom. The summed E-state index contributed by atoms with van der Waals surface area (Å²) in [5.74, 6) is -1.87. The van der Waals surface area contributed by atoms with E-state index in [-0.39, 0.29) is 35.9 Å². The Morgan fingerprint density at radius 3 is 2.74 bits per heavy atom. The lowest BCUT2D eigenvalue weighted by Crippen LogP contribution is -2.74. The number of fused-ring (bicyclic) bond motifs is 1. The molecule has 3 atom stereocenters. The molecule has 6 nitrogen and oxygen atoms in total. The number of thioether (sulfide) groups is 2. The van der Waals surface area contributed by atoms with E-state index in [1.807, 2.05) is 30.3 Å². The molecule has 2 aliphatic rings. The van der Waals surface area contributed by atoms with Crippen molar-refractivity contribution in [2.45, 2.75) is 27.5 Å². The quantitative estimate of drug-likeness (QED) is 0.564. The second-order valence-electron chi connectivity index (χ2n) is 7.35. The maximum absolute atomic E-state index is 13.7. The molecule has 0 bridgehead atoms. The van der Waals surface area contributed by atoms with Crippen molar-refractivity contribution in [2.75, 3.05) is 12.3 Å². The summed E-state index contributed by atoms with van der Waals surface area (Å²) in [5, 5.41) is 12.4. The number of carboxylic acids is 1. The smallest absolute Gasteiger partial charge is 0.322 e. The fourth-order valence-corrected chi connectivity index (χ4v) is 6.93. The van der Waals surface area contributed by atoms with Gasteiger partial charge >= 0.3 is 5.97 Å². The summed E-state index contributed by atoms with van der Waals surface area (Å²) in [6.07, 6.45) is 0.171. The van der Waals surface area contributed by atoms with E-state index >= 15 is 0 Å². The van der Waals surface area contributed by atoms with Crippen LogP contribution >= 0.6 is 39.5 Å². The number of nitrogens with zero attached hydrogens (tertiary/aromatic N) is 1. The van der Waals surface area contributed by atoms with E-state index in [2.05, 4.69) is 21.2 Å². The summed E-state index contributed by atoms with van der Waals surface area (Å²) in [6.45, 7) is -0.0164. The van der Waals surface area contributed by atoms with Crippen LogP contribution < -0.4 is 5.32 Å². The molecule has 162 valence electrons. The number of hydrogen-bond acceptors (Lipinski definition) is 5. The number of carbonyl (C=O) groups excluding carboxylic acids is 2. The first kappa shape index (κ1) is 22.2. The van der Waals surface area contributed by atoms with Gasteiger partial charge in [0.25, 0.3) is 0 Å². The van der Waals surface area contributed by atoms with Crippen molar-refractivity contribution in [3.05, 3.63) is 64.4 Å². The molecule has 0 aliphatic carbocycles. The van der Waals surface area contributed by atoms with Crippen LogP contribution in [0.25, 0.3) is 0 Å². The van der Waals surface area contributed by atoms with Gasteiger partial charge in [-0.3, -0.25) is 14.4 Å². The molecule has 2 saturated heterocycles. The number of carboxylic acid groups (broad SMARTS) is 1. The SMILES string of the molecule is O=C(Cc1ccccc1)NC1C(=O)N2CC(Sc3cc(F)ccc3Br)(C(=O)O)CS[C@H]12. The standard InChI is InChI=1S/C21H18BrFN2O4S2/c22-14-7-6-13(23)9-15(14)31-21(20(28)29)10-25-18(27)17(19(25)30-11-21)24-16(26)8-12-4-2-1-3-5-12/h1-7,9,17,19H,8,10-11H2,(H,24,26)(H,28,29)/t17?,19-,21?/m1/s1. The molecule has 2 fully saturated rings. The van der Waals surface area contributed by atoms with Crippen molar-refractivity contribution in [2.24, 2.45) is 0 Å². The lowest BCUT2D eigenvalue weighted by Gasteiger charge is -2.53. The first-order valence-electron chi connectivity index (χ1n) is 9.42. The monoisotopic (exact) mass is 524 g/mol. The van der Waals surface area contributed by atoms with Gasteiger partial charge in [-0.15, -0.1) is 23.5 Å². The minimum Gasteiger partial charge on any atom is -0.480 e. The Bertz CT molecular complexity index is 1040. The molecule has 31 heavy (non-hydrogen) atoms. The van der Waals surface area contributed by atoms with Crippen LogP contribution in [0, 0.1) is 5.82 Å². The zero-order valence-corrected chi connectivity index (χ0v) is 19.3. The van der Waals surface area contributed by atoms with Crippen molar-refractivity contribution in [1.82, 2.24) is 10.2 Å². The van der Waals surface area contributed by atoms with Crippen molar-refractivity contribution in [3.8, 4) is 0 Å². The Labute approximate surface area is 195 Å². The van der Waals surface area contributed by atoms with Gasteiger partial charge in [-0.05, 0) is 39.7 Å². The van der Waals surface area contributed by atoms with Crippen molar-refractivity contribution >= 4 is 57.2 Å². The highest BCUT2D eigenvalue weighted by Crippen LogP contribution is 2.47. The van der Waals surface area contributed by atoms with Crippen LogP contribution in [0.2, 0.25) is 0 Å². The number of benzene rings is 2. The van der Waals surface area contributed by atoms with Gasteiger partial charge in [0.1, 0.15) is 22.0 Å². The van der Waals surface area contributed by atoms with Gasteiger partial charge in [0.2, 0.25) is 11.8 Å². The Balaban J connectivity index is 1.44. The second kappa shape index (κ2) is 8.84. The molecule has 2 aliphatic heterocycles. The van der Waals surface area contributed by atoms with Gasteiger partial charge in [0.05, 0.1) is 6.42 Å². The van der Waals surface area contributed by atoms with Gasteiger partial charge in [-0.25, -0.2) is 4.39 Å². The highest BCUT2D eigenvalue weighted by atomic mass is 79.9. The number of hydrogen-bond donors (Lipinski definition) is 2. The molecular formula is C21H18BrFN2O4S2. The van der Waals surface area contributed by atoms with Gasteiger partial charge in [-0.1, -0.05) is 30.3 Å². The minimum absolute atomic E-state index is 0.0164. The normalized spacial score (nSPS) is 24.8. The van der Waals surface area contributed by atoms with Gasteiger partial charge in [-0.2, -0.15) is 0 Å². The fraction of sp³-hybridized carbons (Fsp3) is 0.286. The van der Waals surface area contributed by atoms with Crippen molar-refractivity contribution in [3.63, 3.8) is 0 Å². The molecule has 0 saturated carbocycles. The molecule has 4 rings (SSSR count). The molecule has 2 heterocycles. The van der Waals surface area contributed by atoms with Crippen molar-refractivity contribution in [1.29, 1.82) is 0 Å². The molecule has 10 heteroatoms. The van der Waals surface area contributed by atoms with Gasteiger partial charge < -0.3 is 15.3 Å². The summed E-state index contributed by atoms with van der Waals surface area (Å²) in [4.78, 5) is 39.2. The molecule has 2 unspecified atom stereocenters. The topological polar surface area (TPSA) is 86.7 Å². The van der Waals surface area contributed by atoms with E-state index in [0.29, 0.717) is 9.37 Å². The third-order valence-corrected chi connectivity index (χ3v) is 9.23. The van der Waals surface area contributed by atoms with Crippen LogP contribution in [0.5, 0.6) is 0 Å². The highest BCUT2D eigenvalue weighted by molar-refractivity contribution is 9.10. The van der Waals surface area contributed by atoms with E-state index in [0.717, 1.165) is 17.3 Å². The largest absolute Gasteiger partial charge is 0.480 e. The lowest BCUT2D eigenvalue weighted by atomic mass is 10.0. The van der Waals surface area contributed by atoms with E-state index in [9.17, 15) is 23.9 Å². The summed E-state index contributed by atoms with van der Waals surface area (Å²) in [5.41, 5.74) is 0.849. The number of carbonyl (C=O) groups is 3. The summed E-state index contributed by atoms with van der Waals surface area (Å²) in [6, 6.07) is 12.7. The zero-order valence-electron chi connectivity index (χ0n) is 16.1. The van der Waals surface area contributed by atoms with Crippen LogP contribution in [0.15, 0.2) is 57.9 Å². The predicted octanol–water partition coefficient (Wildman–Crippen LogP) is 3.15. The third kappa shape index (κ3) is 4.47. The second-order valence-corrected chi connectivity index (χ2v) is 10.7. The predicted molar refractivity (Wildman–Crippen MR) is 120 cm³/mol. The fourth-order valence-electron chi connectivity index (χ4n) is 3.56. The first-order valence-corrected chi connectivity index (χ1v) is 12.1. The van der Waals surface area contributed by atoms with E-state index < -0.39 is 22.6 Å². The molecule has 2 N–H and O–H groups in total. The molecule has 2 amide bonds. The third-order valence-electron chi connectivity index (χ3n) is 5.17. The Morgan fingerprint density at radius 2 is 2.03 bits per heavy atom. The average molecular weight is 525 g/mol. The number of amides is 2. The maximum atomic E-state index is 13.7. The Hall–Kier alpha value is -2.04. The van der Waals surface area contributed by atoms with Crippen LogP contribution in [0.4, 0.5) is 4.39 Å². The van der Waals surface area contributed by atoms with Gasteiger partial charge in [0.15, 0.2) is 0 Å². The summed E-state index contributed by atoms with van der Waals surface area (Å²) < 4.78 is 13.0. The average Bonchev–Trinajstić information content (AvgIpc) is 2.75. The molecular weight excluding hydrogens is 507 g/mol. The van der Waals surface area contributed by atoms with Crippen LogP contribution in [0.3, 0.4) is 0 Å². The van der Waals surface area contributed by atoms with E-state index in [1.54, 1.807) is 0 Å². The molecule has 0 radical (unpaired) electrons. The number of rotatable bonds is 6. The first-order chi connectivity index (χ1) is 14.8. The molecule has 0 aromatic heterocycles. The van der Waals surface area contributed by atoms with Crippen LogP contribution in [-0.2, 0) is 20.8 Å². The van der Waals surface area contributed by atoms with Crippen molar-refractivity contribution < 1.29 is 23.9 Å². The highest BCUT2D eigenvalue weighted by Gasteiger charge is 2.58.